The lowest BCUT2D eigenvalue weighted by Crippen LogP contribution is -2.52. The van der Waals surface area contributed by atoms with Gasteiger partial charge in [0.1, 0.15) is 11.7 Å². The lowest BCUT2D eigenvalue weighted by atomic mass is 9.88. The standard InChI is InChI=1S/C18H14Cl2FN3OS/c1-9-14(17(25)23-13-8-3-2-5-10(13)19)16(24-18(26)22-9)15-11(20)6-4-7-12(15)21/h2-8,14,16H,1H2,(H,23,25)(H2,22,24,26)/t14-,16-/m1/s1. The number of thiocarbonyl (C=S) groups is 1. The van der Waals surface area contributed by atoms with Crippen LogP contribution in [0.3, 0.4) is 0 Å². The lowest BCUT2D eigenvalue weighted by molar-refractivity contribution is -0.119. The highest BCUT2D eigenvalue weighted by molar-refractivity contribution is 7.80. The quantitative estimate of drug-likeness (QED) is 0.656. The van der Waals surface area contributed by atoms with Crippen LogP contribution in [-0.2, 0) is 4.79 Å². The number of anilines is 1. The molecule has 1 aliphatic heterocycles. The van der Waals surface area contributed by atoms with Crippen LogP contribution in [0, 0.1) is 11.7 Å². The molecule has 0 unspecified atom stereocenters. The molecule has 8 heteroatoms. The Morgan fingerprint density at radius 2 is 1.85 bits per heavy atom. The molecule has 1 saturated heterocycles. The van der Waals surface area contributed by atoms with Crippen molar-refractivity contribution >= 4 is 52.1 Å². The molecule has 2 aromatic carbocycles. The largest absolute Gasteiger partial charge is 0.354 e. The van der Waals surface area contributed by atoms with Crippen molar-refractivity contribution in [3.8, 4) is 0 Å². The zero-order valence-corrected chi connectivity index (χ0v) is 15.7. The van der Waals surface area contributed by atoms with Gasteiger partial charge in [-0.3, -0.25) is 4.79 Å². The van der Waals surface area contributed by atoms with Crippen LogP contribution in [0.5, 0.6) is 0 Å². The molecule has 4 nitrogen and oxygen atoms in total. The average molecular weight is 410 g/mol. The minimum Gasteiger partial charge on any atom is -0.354 e. The van der Waals surface area contributed by atoms with Crippen LogP contribution < -0.4 is 16.0 Å². The number of benzene rings is 2. The lowest BCUT2D eigenvalue weighted by Gasteiger charge is -2.36. The van der Waals surface area contributed by atoms with E-state index in [1.807, 2.05) is 0 Å². The van der Waals surface area contributed by atoms with Crippen molar-refractivity contribution < 1.29 is 9.18 Å². The Labute approximate surface area is 165 Å². The molecule has 3 rings (SSSR count). The van der Waals surface area contributed by atoms with E-state index in [-0.39, 0.29) is 15.7 Å². The number of hydrogen-bond acceptors (Lipinski definition) is 2. The van der Waals surface area contributed by atoms with E-state index in [0.717, 1.165) is 0 Å². The molecular weight excluding hydrogens is 396 g/mol. The van der Waals surface area contributed by atoms with Gasteiger partial charge in [0, 0.05) is 16.3 Å². The smallest absolute Gasteiger partial charge is 0.235 e. The van der Waals surface area contributed by atoms with E-state index < -0.39 is 23.7 Å². The molecular formula is C18H14Cl2FN3OS. The van der Waals surface area contributed by atoms with E-state index in [9.17, 15) is 9.18 Å². The topological polar surface area (TPSA) is 53.2 Å². The number of nitrogens with one attached hydrogen (secondary N) is 3. The monoisotopic (exact) mass is 409 g/mol. The van der Waals surface area contributed by atoms with Gasteiger partial charge in [-0.15, -0.1) is 0 Å². The Hall–Kier alpha value is -2.15. The van der Waals surface area contributed by atoms with Crippen molar-refractivity contribution in [2.75, 3.05) is 5.32 Å². The summed E-state index contributed by atoms with van der Waals surface area (Å²) in [7, 11) is 0. The molecule has 26 heavy (non-hydrogen) atoms. The molecule has 1 aliphatic rings. The van der Waals surface area contributed by atoms with Crippen LogP contribution in [0.15, 0.2) is 54.7 Å². The van der Waals surface area contributed by atoms with Crippen molar-refractivity contribution in [2.45, 2.75) is 6.04 Å². The van der Waals surface area contributed by atoms with Gasteiger partial charge in [0.2, 0.25) is 5.91 Å². The van der Waals surface area contributed by atoms with Crippen LogP contribution >= 0.6 is 35.4 Å². The van der Waals surface area contributed by atoms with Crippen molar-refractivity contribution in [1.82, 2.24) is 10.6 Å². The third-order valence-electron chi connectivity index (χ3n) is 3.99. The molecule has 0 saturated carbocycles. The highest BCUT2D eigenvalue weighted by atomic mass is 35.5. The first-order chi connectivity index (χ1) is 12.4. The van der Waals surface area contributed by atoms with Gasteiger partial charge < -0.3 is 16.0 Å². The molecule has 1 amide bonds. The first-order valence-corrected chi connectivity index (χ1v) is 8.80. The predicted molar refractivity (Wildman–Crippen MR) is 106 cm³/mol. The summed E-state index contributed by atoms with van der Waals surface area (Å²) in [6.45, 7) is 3.87. The Balaban J connectivity index is 1.98. The Morgan fingerprint density at radius 3 is 2.54 bits per heavy atom. The van der Waals surface area contributed by atoms with Gasteiger partial charge in [-0.1, -0.05) is 48.0 Å². The highest BCUT2D eigenvalue weighted by Crippen LogP contribution is 2.36. The Kier molecular flexibility index (Phi) is 5.46. The fraction of sp³-hybridized carbons (Fsp3) is 0.111. The second-order valence-electron chi connectivity index (χ2n) is 5.68. The van der Waals surface area contributed by atoms with E-state index in [1.54, 1.807) is 30.3 Å². The zero-order chi connectivity index (χ0) is 18.8. The maximum atomic E-state index is 14.4. The van der Waals surface area contributed by atoms with Crippen LogP contribution in [0.25, 0.3) is 0 Å². The van der Waals surface area contributed by atoms with E-state index in [1.165, 1.54) is 12.1 Å². The summed E-state index contributed by atoms with van der Waals surface area (Å²) in [4.78, 5) is 12.9. The van der Waals surface area contributed by atoms with Crippen LogP contribution in [0.1, 0.15) is 11.6 Å². The molecule has 2 atom stereocenters. The Morgan fingerprint density at radius 1 is 1.15 bits per heavy atom. The highest BCUT2D eigenvalue weighted by Gasteiger charge is 2.39. The molecule has 2 aromatic rings. The van der Waals surface area contributed by atoms with E-state index in [2.05, 4.69) is 22.5 Å². The average Bonchev–Trinajstić information content (AvgIpc) is 2.56. The van der Waals surface area contributed by atoms with Gasteiger partial charge in [0.25, 0.3) is 0 Å². The van der Waals surface area contributed by atoms with Gasteiger partial charge in [0.05, 0.1) is 16.8 Å². The van der Waals surface area contributed by atoms with Crippen molar-refractivity contribution in [2.24, 2.45) is 5.92 Å². The van der Waals surface area contributed by atoms with Crippen LogP contribution in [0.4, 0.5) is 10.1 Å². The number of amides is 1. The third-order valence-corrected chi connectivity index (χ3v) is 4.87. The van der Waals surface area contributed by atoms with E-state index in [4.69, 9.17) is 35.4 Å². The first kappa shape index (κ1) is 18.6. The van der Waals surface area contributed by atoms with Crippen molar-refractivity contribution in [3.05, 3.63) is 76.2 Å². The fourth-order valence-corrected chi connectivity index (χ4v) is 3.54. The summed E-state index contributed by atoms with van der Waals surface area (Å²) >= 11 is 17.4. The number of carbonyl (C=O) groups excluding carboxylic acids is 1. The second-order valence-corrected chi connectivity index (χ2v) is 6.91. The molecule has 1 fully saturated rings. The van der Waals surface area contributed by atoms with Gasteiger partial charge >= 0.3 is 0 Å². The van der Waals surface area contributed by atoms with Gasteiger partial charge in [-0.25, -0.2) is 4.39 Å². The molecule has 0 bridgehead atoms. The summed E-state index contributed by atoms with van der Waals surface area (Å²) in [5.41, 5.74) is 0.930. The summed E-state index contributed by atoms with van der Waals surface area (Å²) in [6.07, 6.45) is 0. The fourth-order valence-electron chi connectivity index (χ4n) is 2.81. The maximum Gasteiger partial charge on any atom is 0.235 e. The summed E-state index contributed by atoms with van der Waals surface area (Å²) in [6, 6.07) is 10.3. The number of hydrogen-bond donors (Lipinski definition) is 3. The van der Waals surface area contributed by atoms with E-state index in [0.29, 0.717) is 16.4 Å². The number of para-hydroxylation sites is 1. The van der Waals surface area contributed by atoms with E-state index >= 15 is 0 Å². The molecule has 3 N–H and O–H groups in total. The molecule has 0 aromatic heterocycles. The first-order valence-electron chi connectivity index (χ1n) is 7.64. The Bertz CT molecular complexity index is 886. The van der Waals surface area contributed by atoms with Gasteiger partial charge in [-0.2, -0.15) is 0 Å². The summed E-state index contributed by atoms with van der Waals surface area (Å²) < 4.78 is 14.4. The molecule has 0 radical (unpaired) electrons. The molecule has 134 valence electrons. The second kappa shape index (κ2) is 7.61. The molecule has 0 aliphatic carbocycles. The number of carbonyl (C=O) groups is 1. The normalized spacial score (nSPS) is 19.5. The van der Waals surface area contributed by atoms with Crippen molar-refractivity contribution in [1.29, 1.82) is 0 Å². The summed E-state index contributed by atoms with van der Waals surface area (Å²) in [5, 5.41) is 9.29. The number of rotatable bonds is 3. The zero-order valence-electron chi connectivity index (χ0n) is 13.4. The van der Waals surface area contributed by atoms with Gasteiger partial charge in [-0.05, 0) is 36.5 Å². The minimum atomic E-state index is -0.868. The third kappa shape index (κ3) is 3.67. The summed E-state index contributed by atoms with van der Waals surface area (Å²) in [5.74, 6) is -1.83. The van der Waals surface area contributed by atoms with Gasteiger partial charge in [0.15, 0.2) is 5.11 Å². The molecule has 0 spiro atoms. The molecule has 1 heterocycles. The van der Waals surface area contributed by atoms with Crippen molar-refractivity contribution in [3.63, 3.8) is 0 Å². The SMILES string of the molecule is C=C1NC(=S)N[C@@H](c2c(F)cccc2Cl)[C@@H]1C(=O)Nc1ccccc1Cl. The minimum absolute atomic E-state index is 0.151. The van der Waals surface area contributed by atoms with Crippen LogP contribution in [0.2, 0.25) is 10.0 Å². The number of halogens is 3. The predicted octanol–water partition coefficient (Wildman–Crippen LogP) is 4.42. The van der Waals surface area contributed by atoms with Crippen LogP contribution in [-0.4, -0.2) is 11.0 Å². The maximum absolute atomic E-state index is 14.4.